The van der Waals surface area contributed by atoms with Crippen molar-refractivity contribution in [3.8, 4) is 0 Å². The van der Waals surface area contributed by atoms with Gasteiger partial charge in [-0.15, -0.1) is 0 Å². The van der Waals surface area contributed by atoms with Crippen molar-refractivity contribution in [3.63, 3.8) is 0 Å². The summed E-state index contributed by atoms with van der Waals surface area (Å²) < 4.78 is 33.0. The van der Waals surface area contributed by atoms with Crippen LogP contribution in [0.4, 0.5) is 8.78 Å². The van der Waals surface area contributed by atoms with Gasteiger partial charge in [-0.1, -0.05) is 60.7 Å². The van der Waals surface area contributed by atoms with Crippen molar-refractivity contribution in [2.75, 3.05) is 0 Å². The highest BCUT2D eigenvalue weighted by atomic mass is 19.1. The normalized spacial score (nSPS) is 11.0. The van der Waals surface area contributed by atoms with Crippen molar-refractivity contribution in [3.05, 3.63) is 113 Å². The first kappa shape index (κ1) is 20.4. The molecule has 0 unspecified atom stereocenters. The molecule has 3 nitrogen and oxygen atoms in total. The molecule has 0 saturated carbocycles. The Hall–Kier alpha value is -3.31. The Kier molecular flexibility index (Phi) is 7.25. The van der Waals surface area contributed by atoms with Gasteiger partial charge in [0.15, 0.2) is 0 Å². The molecule has 0 aromatic heterocycles. The van der Waals surface area contributed by atoms with E-state index < -0.39 is 17.5 Å². The van der Waals surface area contributed by atoms with E-state index in [4.69, 9.17) is 4.74 Å². The molecule has 0 aliphatic heterocycles. The van der Waals surface area contributed by atoms with E-state index in [9.17, 15) is 13.6 Å². The van der Waals surface area contributed by atoms with E-state index in [2.05, 4.69) is 5.32 Å². The van der Waals surface area contributed by atoms with Crippen LogP contribution >= 0.6 is 0 Å². The van der Waals surface area contributed by atoms with Crippen LogP contribution in [0.5, 0.6) is 0 Å². The molecule has 0 aliphatic carbocycles. The summed E-state index contributed by atoms with van der Waals surface area (Å²) in [5.41, 5.74) is 2.73. The maximum Gasteiger partial charge on any atom is 0.244 e. The van der Waals surface area contributed by atoms with Gasteiger partial charge in [0.1, 0.15) is 11.6 Å². The predicted molar refractivity (Wildman–Crippen MR) is 109 cm³/mol. The standard InChI is InChI=1S/C24H21F2NO2/c25-22-11-6-12-23(26)21(22)13-14-24(28)27-15-19-9-4-5-10-20(19)17-29-16-18-7-2-1-3-8-18/h1-14H,15-17H2,(H,27,28)/b14-13+. The fourth-order valence-corrected chi connectivity index (χ4v) is 2.79. The second kappa shape index (κ2) is 10.3. The van der Waals surface area contributed by atoms with E-state index in [0.29, 0.717) is 13.2 Å². The van der Waals surface area contributed by atoms with Crippen LogP contribution in [0.3, 0.4) is 0 Å². The summed E-state index contributed by atoms with van der Waals surface area (Å²) in [6.07, 6.45) is 2.25. The third-order valence-corrected chi connectivity index (χ3v) is 4.34. The van der Waals surface area contributed by atoms with Gasteiger partial charge in [-0.3, -0.25) is 4.79 Å². The van der Waals surface area contributed by atoms with Crippen molar-refractivity contribution in [1.82, 2.24) is 5.32 Å². The monoisotopic (exact) mass is 393 g/mol. The van der Waals surface area contributed by atoms with Crippen molar-refractivity contribution in [2.45, 2.75) is 19.8 Å². The zero-order chi connectivity index (χ0) is 20.5. The van der Waals surface area contributed by atoms with E-state index in [-0.39, 0.29) is 12.1 Å². The lowest BCUT2D eigenvalue weighted by Crippen LogP contribution is -2.21. The Morgan fingerprint density at radius 3 is 2.21 bits per heavy atom. The van der Waals surface area contributed by atoms with Gasteiger partial charge in [0.25, 0.3) is 0 Å². The molecule has 5 heteroatoms. The number of carbonyl (C=O) groups is 1. The Morgan fingerprint density at radius 1 is 0.828 bits per heavy atom. The van der Waals surface area contributed by atoms with Gasteiger partial charge in [-0.05, 0) is 34.9 Å². The molecule has 0 saturated heterocycles. The van der Waals surface area contributed by atoms with Gasteiger partial charge in [0, 0.05) is 18.2 Å². The average molecular weight is 393 g/mol. The van der Waals surface area contributed by atoms with Gasteiger partial charge in [-0.2, -0.15) is 0 Å². The smallest absolute Gasteiger partial charge is 0.244 e. The van der Waals surface area contributed by atoms with Gasteiger partial charge in [-0.25, -0.2) is 8.78 Å². The highest BCUT2D eigenvalue weighted by Crippen LogP contribution is 2.14. The summed E-state index contributed by atoms with van der Waals surface area (Å²) in [5.74, 6) is -1.86. The summed E-state index contributed by atoms with van der Waals surface area (Å²) >= 11 is 0. The topological polar surface area (TPSA) is 38.3 Å². The number of amides is 1. The number of rotatable bonds is 8. The van der Waals surface area contributed by atoms with Crippen LogP contribution in [-0.2, 0) is 29.3 Å². The van der Waals surface area contributed by atoms with Crippen molar-refractivity contribution >= 4 is 12.0 Å². The fourth-order valence-electron chi connectivity index (χ4n) is 2.79. The van der Waals surface area contributed by atoms with Gasteiger partial charge < -0.3 is 10.1 Å². The molecule has 3 rings (SSSR count). The number of hydrogen-bond acceptors (Lipinski definition) is 2. The van der Waals surface area contributed by atoms with Crippen LogP contribution in [0.2, 0.25) is 0 Å². The Labute approximate surface area is 168 Å². The molecule has 29 heavy (non-hydrogen) atoms. The van der Waals surface area contributed by atoms with Crippen molar-refractivity contribution in [2.24, 2.45) is 0 Å². The third kappa shape index (κ3) is 6.09. The van der Waals surface area contributed by atoms with E-state index >= 15 is 0 Å². The lowest BCUT2D eigenvalue weighted by Gasteiger charge is -2.11. The number of benzene rings is 3. The molecule has 3 aromatic carbocycles. The molecule has 0 bridgehead atoms. The van der Waals surface area contributed by atoms with Gasteiger partial charge in [0.05, 0.1) is 13.2 Å². The van der Waals surface area contributed by atoms with Crippen LogP contribution in [0.25, 0.3) is 6.08 Å². The molecule has 0 spiro atoms. The zero-order valence-corrected chi connectivity index (χ0v) is 15.8. The maximum absolute atomic E-state index is 13.6. The van der Waals surface area contributed by atoms with Crippen LogP contribution in [0.1, 0.15) is 22.3 Å². The second-order valence-corrected chi connectivity index (χ2v) is 6.43. The van der Waals surface area contributed by atoms with Gasteiger partial charge in [0.2, 0.25) is 5.91 Å². The van der Waals surface area contributed by atoms with Crippen LogP contribution in [0, 0.1) is 11.6 Å². The van der Waals surface area contributed by atoms with E-state index in [0.717, 1.165) is 41.0 Å². The average Bonchev–Trinajstić information content (AvgIpc) is 2.73. The van der Waals surface area contributed by atoms with Gasteiger partial charge >= 0.3 is 0 Å². The fraction of sp³-hybridized carbons (Fsp3) is 0.125. The molecular weight excluding hydrogens is 372 g/mol. The van der Waals surface area contributed by atoms with E-state index in [1.54, 1.807) is 0 Å². The summed E-state index contributed by atoms with van der Waals surface area (Å²) in [6.45, 7) is 1.20. The summed E-state index contributed by atoms with van der Waals surface area (Å²) in [4.78, 5) is 12.0. The molecular formula is C24H21F2NO2. The first-order valence-corrected chi connectivity index (χ1v) is 9.22. The van der Waals surface area contributed by atoms with Crippen LogP contribution in [0.15, 0.2) is 78.9 Å². The molecule has 0 atom stereocenters. The molecule has 0 aliphatic rings. The number of hydrogen-bond donors (Lipinski definition) is 1. The zero-order valence-electron chi connectivity index (χ0n) is 15.8. The van der Waals surface area contributed by atoms with Crippen LogP contribution < -0.4 is 5.32 Å². The Bertz CT molecular complexity index is 967. The lowest BCUT2D eigenvalue weighted by atomic mass is 10.1. The minimum atomic E-state index is -0.713. The summed E-state index contributed by atoms with van der Waals surface area (Å²) in [5, 5.41) is 2.73. The van der Waals surface area contributed by atoms with Crippen molar-refractivity contribution < 1.29 is 18.3 Å². The number of nitrogens with one attached hydrogen (secondary N) is 1. The molecule has 0 fully saturated rings. The minimum Gasteiger partial charge on any atom is -0.372 e. The highest BCUT2D eigenvalue weighted by molar-refractivity contribution is 5.91. The molecule has 148 valence electrons. The summed E-state index contributed by atoms with van der Waals surface area (Å²) in [7, 11) is 0. The van der Waals surface area contributed by atoms with Crippen LogP contribution in [-0.4, -0.2) is 5.91 Å². The van der Waals surface area contributed by atoms with E-state index in [1.807, 2.05) is 54.6 Å². The Morgan fingerprint density at radius 2 is 1.48 bits per heavy atom. The first-order chi connectivity index (χ1) is 14.1. The second-order valence-electron chi connectivity index (χ2n) is 6.43. The molecule has 0 radical (unpaired) electrons. The molecule has 1 amide bonds. The number of carbonyl (C=O) groups excluding carboxylic acids is 1. The SMILES string of the molecule is O=C(/C=C/c1c(F)cccc1F)NCc1ccccc1COCc1ccccc1. The summed E-state index contributed by atoms with van der Waals surface area (Å²) in [6, 6.07) is 21.1. The highest BCUT2D eigenvalue weighted by Gasteiger charge is 2.07. The number of halogens is 2. The minimum absolute atomic E-state index is 0.239. The maximum atomic E-state index is 13.6. The lowest BCUT2D eigenvalue weighted by molar-refractivity contribution is -0.116. The first-order valence-electron chi connectivity index (χ1n) is 9.22. The molecule has 0 heterocycles. The quantitative estimate of drug-likeness (QED) is 0.546. The molecule has 1 N–H and O–H groups in total. The number of ether oxygens (including phenoxy) is 1. The predicted octanol–water partition coefficient (Wildman–Crippen LogP) is 5.01. The molecule has 3 aromatic rings. The van der Waals surface area contributed by atoms with E-state index in [1.165, 1.54) is 6.07 Å². The third-order valence-electron chi connectivity index (χ3n) is 4.34. The van der Waals surface area contributed by atoms with Crippen molar-refractivity contribution in [1.29, 1.82) is 0 Å². The largest absolute Gasteiger partial charge is 0.372 e. The Balaban J connectivity index is 1.55.